The molecule has 1 heterocycles. The van der Waals surface area contributed by atoms with Crippen LogP contribution in [0, 0.1) is 18.6 Å². The van der Waals surface area contributed by atoms with Gasteiger partial charge in [-0.15, -0.1) is 0 Å². The van der Waals surface area contributed by atoms with E-state index in [1.165, 1.54) is 0 Å². The number of nitrogens with zero attached hydrogens (tertiary/aromatic N) is 3. The summed E-state index contributed by atoms with van der Waals surface area (Å²) in [5.41, 5.74) is 6.83. The number of hydrogen-bond donors (Lipinski definition) is 1. The molecule has 0 aliphatic heterocycles. The Hall–Kier alpha value is -3.40. The average molecular weight is 418 g/mol. The van der Waals surface area contributed by atoms with Gasteiger partial charge in [-0.2, -0.15) is 4.37 Å². The maximum atomic E-state index is 14.6. The summed E-state index contributed by atoms with van der Waals surface area (Å²) >= 11 is 1.11. The maximum Gasteiger partial charge on any atom is 0.332 e. The van der Waals surface area contributed by atoms with Crippen LogP contribution in [0.2, 0.25) is 0 Å². The van der Waals surface area contributed by atoms with E-state index in [1.54, 1.807) is 0 Å². The molecule has 0 unspecified atom stereocenters. The second-order valence-corrected chi connectivity index (χ2v) is 6.80. The highest BCUT2D eigenvalue weighted by Crippen LogP contribution is 2.25. The standard InChI is InChI=1S/C19H16F2N4O3S/c1-10-3-5-12(6-4-10)19-23-15(29-25-19)9-27-14-8-7-13(20)16(17(14)21)18(22)24-28-11(2)26/h3-8H,9H2,1-2H3,(H2,22,24). The molecule has 0 aliphatic rings. The van der Waals surface area contributed by atoms with Gasteiger partial charge in [-0.3, -0.25) is 0 Å². The number of hydrogen-bond acceptors (Lipinski definition) is 7. The van der Waals surface area contributed by atoms with Gasteiger partial charge in [0.1, 0.15) is 12.4 Å². The van der Waals surface area contributed by atoms with E-state index in [1.807, 2.05) is 31.2 Å². The molecule has 0 aliphatic carbocycles. The van der Waals surface area contributed by atoms with Crippen molar-refractivity contribution in [2.24, 2.45) is 10.9 Å². The van der Waals surface area contributed by atoms with Gasteiger partial charge in [-0.05, 0) is 30.6 Å². The predicted octanol–water partition coefficient (Wildman–Crippen LogP) is 3.55. The number of ether oxygens (including phenoxy) is 1. The van der Waals surface area contributed by atoms with E-state index in [4.69, 9.17) is 10.5 Å². The number of amidine groups is 1. The fourth-order valence-electron chi connectivity index (χ4n) is 2.31. The summed E-state index contributed by atoms with van der Waals surface area (Å²) in [5, 5.41) is 3.71. The molecule has 2 N–H and O–H groups in total. The zero-order chi connectivity index (χ0) is 21.0. The van der Waals surface area contributed by atoms with E-state index >= 15 is 0 Å². The van der Waals surface area contributed by atoms with Crippen molar-refractivity contribution in [3.63, 3.8) is 0 Å². The van der Waals surface area contributed by atoms with Crippen LogP contribution in [-0.2, 0) is 16.2 Å². The number of carbonyl (C=O) groups is 1. The largest absolute Gasteiger partial charge is 0.483 e. The third-order valence-corrected chi connectivity index (χ3v) is 4.40. The van der Waals surface area contributed by atoms with Gasteiger partial charge in [0.05, 0.1) is 5.56 Å². The molecule has 0 saturated heterocycles. The zero-order valence-corrected chi connectivity index (χ0v) is 16.3. The summed E-state index contributed by atoms with van der Waals surface area (Å²) in [6.45, 7) is 2.98. The molecule has 10 heteroatoms. The lowest BCUT2D eigenvalue weighted by atomic mass is 10.1. The van der Waals surface area contributed by atoms with E-state index in [2.05, 4.69) is 19.4 Å². The fraction of sp³-hybridized carbons (Fsp3) is 0.158. The SMILES string of the molecule is CC(=O)O/N=C(\N)c1c(F)ccc(OCc2nc(-c3ccc(C)cc3)ns2)c1F. The van der Waals surface area contributed by atoms with Gasteiger partial charge in [0.2, 0.25) is 0 Å². The summed E-state index contributed by atoms with van der Waals surface area (Å²) in [7, 11) is 0. The van der Waals surface area contributed by atoms with Crippen molar-refractivity contribution in [3.05, 3.63) is 64.2 Å². The molecule has 0 radical (unpaired) electrons. The molecule has 29 heavy (non-hydrogen) atoms. The highest BCUT2D eigenvalue weighted by molar-refractivity contribution is 7.05. The average Bonchev–Trinajstić information content (AvgIpc) is 3.15. The number of carbonyl (C=O) groups excluding carboxylic acids is 1. The zero-order valence-electron chi connectivity index (χ0n) is 15.5. The topological polar surface area (TPSA) is 99.7 Å². The van der Waals surface area contributed by atoms with E-state index in [9.17, 15) is 13.6 Å². The first-order valence-electron chi connectivity index (χ1n) is 8.37. The first-order valence-corrected chi connectivity index (χ1v) is 9.14. The lowest BCUT2D eigenvalue weighted by Crippen LogP contribution is -2.19. The third-order valence-electron chi connectivity index (χ3n) is 3.71. The van der Waals surface area contributed by atoms with Crippen molar-refractivity contribution in [2.75, 3.05) is 0 Å². The van der Waals surface area contributed by atoms with Crippen LogP contribution in [0.5, 0.6) is 5.75 Å². The van der Waals surface area contributed by atoms with Gasteiger partial charge in [0.25, 0.3) is 0 Å². The Kier molecular flexibility index (Phi) is 6.13. The molecule has 7 nitrogen and oxygen atoms in total. The van der Waals surface area contributed by atoms with Crippen molar-refractivity contribution in [3.8, 4) is 17.1 Å². The minimum atomic E-state index is -1.07. The molecule has 0 bridgehead atoms. The van der Waals surface area contributed by atoms with E-state index in [-0.39, 0.29) is 12.4 Å². The molecule has 3 rings (SSSR count). The Bertz CT molecular complexity index is 1070. The number of oxime groups is 1. The van der Waals surface area contributed by atoms with Crippen LogP contribution in [-0.4, -0.2) is 21.2 Å². The number of aromatic nitrogens is 2. The maximum absolute atomic E-state index is 14.6. The highest BCUT2D eigenvalue weighted by Gasteiger charge is 2.19. The smallest absolute Gasteiger partial charge is 0.332 e. The molecular weight excluding hydrogens is 402 g/mol. The number of benzene rings is 2. The predicted molar refractivity (Wildman–Crippen MR) is 103 cm³/mol. The monoisotopic (exact) mass is 418 g/mol. The number of rotatable bonds is 6. The van der Waals surface area contributed by atoms with Crippen LogP contribution in [0.3, 0.4) is 0 Å². The number of halogens is 2. The molecule has 0 saturated carbocycles. The summed E-state index contributed by atoms with van der Waals surface area (Å²) < 4.78 is 38.3. The molecule has 0 fully saturated rings. The van der Waals surface area contributed by atoms with Crippen LogP contribution >= 0.6 is 11.5 Å². The van der Waals surface area contributed by atoms with Gasteiger partial charge in [-0.1, -0.05) is 35.0 Å². The van der Waals surface area contributed by atoms with Crippen molar-refractivity contribution < 1.29 is 23.1 Å². The molecule has 1 aromatic heterocycles. The molecule has 0 amide bonds. The second kappa shape index (κ2) is 8.74. The van der Waals surface area contributed by atoms with Gasteiger partial charge in [0, 0.05) is 12.5 Å². The minimum absolute atomic E-state index is 0.0769. The van der Waals surface area contributed by atoms with Gasteiger partial charge in [0.15, 0.2) is 28.2 Å². The van der Waals surface area contributed by atoms with Crippen LogP contribution in [0.15, 0.2) is 41.6 Å². The minimum Gasteiger partial charge on any atom is -0.483 e. The lowest BCUT2D eigenvalue weighted by molar-refractivity contribution is -0.140. The Morgan fingerprint density at radius 1 is 1.21 bits per heavy atom. The Morgan fingerprint density at radius 2 is 1.93 bits per heavy atom. The Morgan fingerprint density at radius 3 is 2.62 bits per heavy atom. The van der Waals surface area contributed by atoms with Crippen LogP contribution in [0.25, 0.3) is 11.4 Å². The Balaban J connectivity index is 1.76. The summed E-state index contributed by atoms with van der Waals surface area (Å²) in [6.07, 6.45) is 0. The summed E-state index contributed by atoms with van der Waals surface area (Å²) in [4.78, 5) is 19.5. The molecule has 0 atom stereocenters. The van der Waals surface area contributed by atoms with Crippen LogP contribution < -0.4 is 10.5 Å². The molecule has 3 aromatic rings. The van der Waals surface area contributed by atoms with E-state index in [0.717, 1.165) is 41.7 Å². The second-order valence-electron chi connectivity index (χ2n) is 5.96. The molecule has 0 spiro atoms. The van der Waals surface area contributed by atoms with E-state index in [0.29, 0.717) is 10.8 Å². The lowest BCUT2D eigenvalue weighted by Gasteiger charge is -2.09. The Labute approximate surface area is 168 Å². The summed E-state index contributed by atoms with van der Waals surface area (Å²) in [5.74, 6) is -3.16. The van der Waals surface area contributed by atoms with Gasteiger partial charge < -0.3 is 15.3 Å². The normalized spacial score (nSPS) is 11.4. The van der Waals surface area contributed by atoms with Crippen molar-refractivity contribution in [2.45, 2.75) is 20.5 Å². The first kappa shape index (κ1) is 20.3. The first-order chi connectivity index (χ1) is 13.8. The fourth-order valence-corrected chi connectivity index (χ4v) is 2.89. The molecule has 2 aromatic carbocycles. The van der Waals surface area contributed by atoms with Crippen molar-refractivity contribution >= 4 is 23.3 Å². The highest BCUT2D eigenvalue weighted by atomic mass is 32.1. The summed E-state index contributed by atoms with van der Waals surface area (Å²) in [6, 6.07) is 9.79. The van der Waals surface area contributed by atoms with Gasteiger partial charge in [-0.25, -0.2) is 18.6 Å². The molecule has 150 valence electrons. The van der Waals surface area contributed by atoms with Crippen molar-refractivity contribution in [1.82, 2.24) is 9.36 Å². The van der Waals surface area contributed by atoms with Gasteiger partial charge >= 0.3 is 5.97 Å². The van der Waals surface area contributed by atoms with E-state index < -0.39 is 29.0 Å². The third kappa shape index (κ3) is 4.91. The molecular formula is C19H16F2N4O3S. The number of aryl methyl sites for hydroxylation is 1. The quantitative estimate of drug-likeness (QED) is 0.284. The number of nitrogens with two attached hydrogens (primary N) is 1. The van der Waals surface area contributed by atoms with Crippen LogP contribution in [0.1, 0.15) is 23.1 Å². The van der Waals surface area contributed by atoms with Crippen LogP contribution in [0.4, 0.5) is 8.78 Å². The van der Waals surface area contributed by atoms with Crippen molar-refractivity contribution in [1.29, 1.82) is 0 Å².